The van der Waals surface area contributed by atoms with Crippen LogP contribution in [0.4, 0.5) is 11.4 Å². The van der Waals surface area contributed by atoms with Gasteiger partial charge in [0.05, 0.1) is 17.8 Å². The third-order valence-corrected chi connectivity index (χ3v) is 7.65. The van der Waals surface area contributed by atoms with Gasteiger partial charge < -0.3 is 14.5 Å². The van der Waals surface area contributed by atoms with E-state index >= 15 is 0 Å². The molecule has 6 nitrogen and oxygen atoms in total. The smallest absolute Gasteiger partial charge is 0.341 e. The number of hydrogen-bond donors (Lipinski definition) is 0. The Morgan fingerprint density at radius 1 is 1.12 bits per heavy atom. The summed E-state index contributed by atoms with van der Waals surface area (Å²) in [7, 11) is 0. The number of anilines is 2. The van der Waals surface area contributed by atoms with Crippen molar-refractivity contribution in [3.8, 4) is 0 Å². The summed E-state index contributed by atoms with van der Waals surface area (Å²) in [6.45, 7) is 8.23. The first-order valence-electron chi connectivity index (χ1n) is 12.6. The minimum absolute atomic E-state index is 0.276. The molecule has 3 aliphatic rings. The number of fused-ring (bicyclic) bond motifs is 3. The number of carbonyl (C=O) groups excluding carboxylic acids is 1. The van der Waals surface area contributed by atoms with E-state index in [4.69, 9.17) is 9.72 Å². The lowest BCUT2D eigenvalue weighted by Crippen LogP contribution is -2.50. The molecule has 0 bridgehead atoms. The molecule has 2 aromatic carbocycles. The molecular weight excluding hydrogens is 424 g/mol. The SMILES string of the molecule is CCOC(=O)c1cnc2cc3c(cc2c1N1CCN2CCC[C@H]2C1)N(Cc1ccccc1)CC3. The summed E-state index contributed by atoms with van der Waals surface area (Å²) in [6.07, 6.45) is 5.26. The normalized spacial score (nSPS) is 20.0. The van der Waals surface area contributed by atoms with E-state index in [1.807, 2.05) is 6.92 Å². The maximum absolute atomic E-state index is 13.0. The number of rotatable bonds is 5. The summed E-state index contributed by atoms with van der Waals surface area (Å²) < 4.78 is 5.46. The summed E-state index contributed by atoms with van der Waals surface area (Å²) in [5.41, 5.74) is 6.48. The number of pyridine rings is 1. The number of ether oxygens (including phenoxy) is 1. The molecule has 2 fully saturated rings. The number of hydrogen-bond acceptors (Lipinski definition) is 6. The van der Waals surface area contributed by atoms with Crippen LogP contribution in [-0.2, 0) is 17.7 Å². The van der Waals surface area contributed by atoms with Crippen molar-refractivity contribution in [3.05, 3.63) is 65.4 Å². The fraction of sp³-hybridized carbons (Fsp3) is 0.429. The highest BCUT2D eigenvalue weighted by Crippen LogP contribution is 2.39. The summed E-state index contributed by atoms with van der Waals surface area (Å²) in [5.74, 6) is -0.276. The van der Waals surface area contributed by atoms with Gasteiger partial charge in [0, 0.05) is 56.0 Å². The van der Waals surface area contributed by atoms with Crippen molar-refractivity contribution in [1.82, 2.24) is 9.88 Å². The van der Waals surface area contributed by atoms with Crippen molar-refractivity contribution in [3.63, 3.8) is 0 Å². The van der Waals surface area contributed by atoms with Crippen LogP contribution in [0.15, 0.2) is 48.7 Å². The van der Waals surface area contributed by atoms with Crippen LogP contribution in [0.2, 0.25) is 0 Å². The molecule has 0 aliphatic carbocycles. The van der Waals surface area contributed by atoms with Gasteiger partial charge in [-0.25, -0.2) is 4.79 Å². The highest BCUT2D eigenvalue weighted by atomic mass is 16.5. The van der Waals surface area contributed by atoms with Crippen molar-refractivity contribution in [2.45, 2.75) is 38.8 Å². The first-order valence-corrected chi connectivity index (χ1v) is 12.6. The van der Waals surface area contributed by atoms with Gasteiger partial charge >= 0.3 is 5.97 Å². The highest BCUT2D eigenvalue weighted by molar-refractivity contribution is 6.06. The Morgan fingerprint density at radius 3 is 2.85 bits per heavy atom. The van der Waals surface area contributed by atoms with Crippen molar-refractivity contribution >= 4 is 28.2 Å². The average Bonchev–Trinajstić information content (AvgIpc) is 3.49. The van der Waals surface area contributed by atoms with E-state index in [0.29, 0.717) is 18.2 Å². The zero-order chi connectivity index (χ0) is 23.1. The molecule has 3 aromatic rings. The molecular formula is C28H32N4O2. The number of piperazine rings is 1. The lowest BCUT2D eigenvalue weighted by Gasteiger charge is -2.39. The van der Waals surface area contributed by atoms with Gasteiger partial charge in [0.1, 0.15) is 5.56 Å². The molecule has 0 spiro atoms. The van der Waals surface area contributed by atoms with E-state index in [2.05, 4.69) is 57.2 Å². The maximum Gasteiger partial charge on any atom is 0.341 e. The number of benzene rings is 2. The van der Waals surface area contributed by atoms with Crippen LogP contribution >= 0.6 is 0 Å². The second-order valence-corrected chi connectivity index (χ2v) is 9.67. The molecule has 0 radical (unpaired) electrons. The summed E-state index contributed by atoms with van der Waals surface area (Å²) in [4.78, 5) is 25.2. The Hall–Kier alpha value is -3.12. The molecule has 3 aliphatic heterocycles. The van der Waals surface area contributed by atoms with Crippen LogP contribution in [0.5, 0.6) is 0 Å². The molecule has 0 amide bonds. The average molecular weight is 457 g/mol. The second-order valence-electron chi connectivity index (χ2n) is 9.67. The Bertz CT molecular complexity index is 1210. The molecule has 2 saturated heterocycles. The van der Waals surface area contributed by atoms with Gasteiger partial charge in [-0.15, -0.1) is 0 Å². The number of aromatic nitrogens is 1. The molecule has 176 valence electrons. The van der Waals surface area contributed by atoms with Crippen LogP contribution in [-0.4, -0.2) is 61.2 Å². The molecule has 34 heavy (non-hydrogen) atoms. The van der Waals surface area contributed by atoms with E-state index in [1.54, 1.807) is 6.20 Å². The number of carbonyl (C=O) groups is 1. The minimum atomic E-state index is -0.276. The molecule has 1 aromatic heterocycles. The van der Waals surface area contributed by atoms with E-state index in [1.165, 1.54) is 36.2 Å². The Balaban J connectivity index is 1.44. The lowest BCUT2D eigenvalue weighted by atomic mass is 10.0. The monoisotopic (exact) mass is 456 g/mol. The zero-order valence-corrected chi connectivity index (χ0v) is 19.9. The van der Waals surface area contributed by atoms with E-state index < -0.39 is 0 Å². The zero-order valence-electron chi connectivity index (χ0n) is 19.9. The fourth-order valence-electron chi connectivity index (χ4n) is 5.99. The van der Waals surface area contributed by atoms with Crippen LogP contribution in [0.1, 0.15) is 41.3 Å². The van der Waals surface area contributed by atoms with Crippen LogP contribution in [0.25, 0.3) is 10.9 Å². The molecule has 0 N–H and O–H groups in total. The van der Waals surface area contributed by atoms with Crippen LogP contribution in [0.3, 0.4) is 0 Å². The third kappa shape index (κ3) is 3.80. The van der Waals surface area contributed by atoms with Gasteiger partial charge in [0.15, 0.2) is 0 Å². The number of esters is 1. The first kappa shape index (κ1) is 21.4. The van der Waals surface area contributed by atoms with Crippen molar-refractivity contribution < 1.29 is 9.53 Å². The van der Waals surface area contributed by atoms with Crippen LogP contribution < -0.4 is 9.80 Å². The topological polar surface area (TPSA) is 48.9 Å². The highest BCUT2D eigenvalue weighted by Gasteiger charge is 2.33. The van der Waals surface area contributed by atoms with Crippen molar-refractivity contribution in [1.29, 1.82) is 0 Å². The van der Waals surface area contributed by atoms with Crippen molar-refractivity contribution in [2.24, 2.45) is 0 Å². The minimum Gasteiger partial charge on any atom is -0.462 e. The quantitative estimate of drug-likeness (QED) is 0.535. The van der Waals surface area contributed by atoms with Crippen molar-refractivity contribution in [2.75, 3.05) is 49.1 Å². The first-order chi connectivity index (χ1) is 16.7. The number of nitrogens with zero attached hydrogens (tertiary/aromatic N) is 4. The van der Waals surface area contributed by atoms with Crippen LogP contribution in [0, 0.1) is 0 Å². The van der Waals surface area contributed by atoms with Gasteiger partial charge in [0.2, 0.25) is 0 Å². The summed E-state index contributed by atoms with van der Waals surface area (Å²) in [6, 6.07) is 15.7. The molecule has 6 rings (SSSR count). The molecule has 0 saturated carbocycles. The van der Waals surface area contributed by atoms with Gasteiger partial charge in [-0.3, -0.25) is 9.88 Å². The maximum atomic E-state index is 13.0. The Labute approximate surface area is 201 Å². The van der Waals surface area contributed by atoms with Gasteiger partial charge in [-0.1, -0.05) is 30.3 Å². The second kappa shape index (κ2) is 8.91. The molecule has 4 heterocycles. The Morgan fingerprint density at radius 2 is 2.00 bits per heavy atom. The predicted octanol–water partition coefficient (Wildman–Crippen LogP) is 4.26. The van der Waals surface area contributed by atoms with E-state index in [0.717, 1.165) is 55.7 Å². The van der Waals surface area contributed by atoms with E-state index in [-0.39, 0.29) is 5.97 Å². The van der Waals surface area contributed by atoms with Gasteiger partial charge in [0.25, 0.3) is 0 Å². The predicted molar refractivity (Wildman–Crippen MR) is 136 cm³/mol. The lowest BCUT2D eigenvalue weighted by molar-refractivity contribution is 0.0526. The van der Waals surface area contributed by atoms with Gasteiger partial charge in [-0.05, 0) is 56.0 Å². The third-order valence-electron chi connectivity index (χ3n) is 7.65. The summed E-state index contributed by atoms with van der Waals surface area (Å²) >= 11 is 0. The summed E-state index contributed by atoms with van der Waals surface area (Å²) in [5, 5.41) is 1.07. The largest absolute Gasteiger partial charge is 0.462 e. The molecule has 0 unspecified atom stereocenters. The van der Waals surface area contributed by atoms with E-state index in [9.17, 15) is 4.79 Å². The Kier molecular flexibility index (Phi) is 5.61. The molecule has 6 heteroatoms. The standard InChI is InChI=1S/C28H32N4O2/c1-2-34-28(33)24-17-29-25-15-21-10-12-31(18-20-7-4-3-5-8-20)26(21)16-23(25)27(24)32-14-13-30-11-6-9-22(30)19-32/h3-5,7-8,15-17,22H,2,6,9-14,18-19H2,1H3/t22-/m0/s1. The fourth-order valence-corrected chi connectivity index (χ4v) is 5.99. The van der Waals surface area contributed by atoms with Gasteiger partial charge in [-0.2, -0.15) is 0 Å². The molecule has 1 atom stereocenters.